The second-order valence-electron chi connectivity index (χ2n) is 6.29. The number of hydrogen-bond donors (Lipinski definition) is 1. The summed E-state index contributed by atoms with van der Waals surface area (Å²) in [5.41, 5.74) is 1.06. The third kappa shape index (κ3) is 3.67. The number of thiophene rings is 1. The van der Waals surface area contributed by atoms with Gasteiger partial charge in [0, 0.05) is 48.1 Å². The van der Waals surface area contributed by atoms with Crippen LogP contribution in [-0.2, 0) is 24.2 Å². The Morgan fingerprint density at radius 2 is 2.36 bits per heavy atom. The van der Waals surface area contributed by atoms with Gasteiger partial charge in [0.1, 0.15) is 5.82 Å². The van der Waals surface area contributed by atoms with Crippen LogP contribution in [0.2, 0.25) is 0 Å². The number of nitrogens with one attached hydrogen (secondary N) is 1. The van der Waals surface area contributed by atoms with Crippen molar-refractivity contribution in [3.8, 4) is 10.6 Å². The number of amides is 1. The number of imidazole rings is 1. The van der Waals surface area contributed by atoms with Crippen LogP contribution in [0.4, 0.5) is 0 Å². The van der Waals surface area contributed by atoms with Crippen molar-refractivity contribution in [3.05, 3.63) is 45.6 Å². The highest BCUT2D eigenvalue weighted by Gasteiger charge is 2.24. The molecular weight excluding hydrogens is 352 g/mol. The highest BCUT2D eigenvalue weighted by Crippen LogP contribution is 2.29. The van der Waals surface area contributed by atoms with Crippen molar-refractivity contribution in [1.82, 2.24) is 19.9 Å². The fourth-order valence-electron chi connectivity index (χ4n) is 3.15. The summed E-state index contributed by atoms with van der Waals surface area (Å²) < 4.78 is 2.14. The lowest BCUT2D eigenvalue weighted by atomic mass is 9.97. The molecule has 1 aliphatic rings. The van der Waals surface area contributed by atoms with E-state index in [1.54, 1.807) is 22.7 Å². The number of rotatable bonds is 5. The lowest BCUT2D eigenvalue weighted by Gasteiger charge is -2.22. The topological polar surface area (TPSA) is 59.8 Å². The number of thiazole rings is 1. The first-order valence-corrected chi connectivity index (χ1v) is 10.2. The highest BCUT2D eigenvalue weighted by atomic mass is 32.1. The quantitative estimate of drug-likeness (QED) is 0.747. The second kappa shape index (κ2) is 7.09. The van der Waals surface area contributed by atoms with Crippen molar-refractivity contribution in [3.63, 3.8) is 0 Å². The molecule has 3 aromatic rings. The molecule has 4 heterocycles. The minimum absolute atomic E-state index is 0.0479. The van der Waals surface area contributed by atoms with Crippen molar-refractivity contribution in [2.45, 2.75) is 32.7 Å². The van der Waals surface area contributed by atoms with E-state index in [0.29, 0.717) is 6.54 Å². The van der Waals surface area contributed by atoms with Gasteiger partial charge in [-0.15, -0.1) is 22.7 Å². The van der Waals surface area contributed by atoms with E-state index in [2.05, 4.69) is 37.4 Å². The zero-order chi connectivity index (χ0) is 17.2. The fourth-order valence-corrected chi connectivity index (χ4v) is 4.81. The molecule has 130 valence electrons. The predicted molar refractivity (Wildman–Crippen MR) is 101 cm³/mol. The molecule has 1 unspecified atom stereocenters. The first-order chi connectivity index (χ1) is 12.2. The molecule has 0 saturated carbocycles. The van der Waals surface area contributed by atoms with E-state index >= 15 is 0 Å². The molecule has 1 atom stereocenters. The maximum absolute atomic E-state index is 12.4. The van der Waals surface area contributed by atoms with E-state index in [0.717, 1.165) is 42.3 Å². The Balaban J connectivity index is 1.28. The van der Waals surface area contributed by atoms with Crippen molar-refractivity contribution >= 4 is 28.6 Å². The maximum atomic E-state index is 12.4. The van der Waals surface area contributed by atoms with Crippen LogP contribution in [0.1, 0.15) is 22.1 Å². The average Bonchev–Trinajstić information content (AvgIpc) is 3.33. The number of carbonyl (C=O) groups is 1. The second-order valence-corrected chi connectivity index (χ2v) is 8.52. The van der Waals surface area contributed by atoms with E-state index < -0.39 is 0 Å². The van der Waals surface area contributed by atoms with Gasteiger partial charge in [-0.05, 0) is 31.9 Å². The maximum Gasteiger partial charge on any atom is 0.223 e. The van der Waals surface area contributed by atoms with Crippen LogP contribution in [0, 0.1) is 12.8 Å². The summed E-state index contributed by atoms with van der Waals surface area (Å²) in [5, 5.41) is 6.28. The summed E-state index contributed by atoms with van der Waals surface area (Å²) in [6.45, 7) is 3.59. The van der Waals surface area contributed by atoms with Crippen LogP contribution in [0.3, 0.4) is 0 Å². The lowest BCUT2D eigenvalue weighted by Crippen LogP contribution is -2.36. The smallest absolute Gasteiger partial charge is 0.223 e. The average molecular weight is 373 g/mol. The fraction of sp³-hybridized carbons (Fsp3) is 0.389. The first-order valence-electron chi connectivity index (χ1n) is 8.48. The Labute approximate surface area is 154 Å². The van der Waals surface area contributed by atoms with E-state index in [-0.39, 0.29) is 11.8 Å². The van der Waals surface area contributed by atoms with Crippen LogP contribution in [-0.4, -0.2) is 27.0 Å². The highest BCUT2D eigenvalue weighted by molar-refractivity contribution is 7.16. The van der Waals surface area contributed by atoms with Crippen LogP contribution >= 0.6 is 22.7 Å². The summed E-state index contributed by atoms with van der Waals surface area (Å²) in [7, 11) is 0. The summed E-state index contributed by atoms with van der Waals surface area (Å²) >= 11 is 3.43. The molecule has 5 nitrogen and oxygen atoms in total. The normalized spacial score (nSPS) is 16.6. The molecule has 0 aromatic carbocycles. The first kappa shape index (κ1) is 16.5. The molecule has 1 N–H and O–H groups in total. The van der Waals surface area contributed by atoms with Gasteiger partial charge >= 0.3 is 0 Å². The van der Waals surface area contributed by atoms with Gasteiger partial charge in [0.05, 0.1) is 15.6 Å². The summed E-state index contributed by atoms with van der Waals surface area (Å²) in [5.74, 6) is 1.22. The SMILES string of the molecule is Cc1nc(-c2ccc(CCNC(=O)C3CCn4ccnc4C3)s2)cs1. The number of aryl methyl sites for hydroxylation is 2. The van der Waals surface area contributed by atoms with Gasteiger partial charge in [-0.1, -0.05) is 0 Å². The predicted octanol–water partition coefficient (Wildman–Crippen LogP) is 3.30. The van der Waals surface area contributed by atoms with Gasteiger partial charge in [0.15, 0.2) is 0 Å². The van der Waals surface area contributed by atoms with Crippen LogP contribution in [0.5, 0.6) is 0 Å². The Kier molecular flexibility index (Phi) is 4.67. The minimum Gasteiger partial charge on any atom is -0.355 e. The van der Waals surface area contributed by atoms with Crippen molar-refractivity contribution < 1.29 is 4.79 Å². The molecule has 0 bridgehead atoms. The molecule has 3 aromatic heterocycles. The van der Waals surface area contributed by atoms with Gasteiger partial charge in [0.2, 0.25) is 5.91 Å². The molecule has 0 saturated heterocycles. The van der Waals surface area contributed by atoms with Gasteiger partial charge in [-0.3, -0.25) is 4.79 Å². The van der Waals surface area contributed by atoms with E-state index in [1.165, 1.54) is 9.75 Å². The van der Waals surface area contributed by atoms with E-state index in [9.17, 15) is 4.79 Å². The van der Waals surface area contributed by atoms with E-state index in [4.69, 9.17) is 0 Å². The molecule has 7 heteroatoms. The zero-order valence-corrected chi connectivity index (χ0v) is 15.7. The summed E-state index contributed by atoms with van der Waals surface area (Å²) in [4.78, 5) is 23.7. The number of aromatic nitrogens is 3. The Bertz CT molecular complexity index is 879. The summed E-state index contributed by atoms with van der Waals surface area (Å²) in [6, 6.07) is 4.26. The molecule has 0 fully saturated rings. The number of carbonyl (C=O) groups excluding carboxylic acids is 1. The lowest BCUT2D eigenvalue weighted by molar-refractivity contribution is -0.125. The van der Waals surface area contributed by atoms with Crippen LogP contribution in [0.25, 0.3) is 10.6 Å². The van der Waals surface area contributed by atoms with E-state index in [1.807, 2.05) is 19.3 Å². The Morgan fingerprint density at radius 3 is 3.20 bits per heavy atom. The minimum atomic E-state index is 0.0479. The monoisotopic (exact) mass is 372 g/mol. The molecule has 0 radical (unpaired) electrons. The molecule has 0 spiro atoms. The van der Waals surface area contributed by atoms with Crippen LogP contribution < -0.4 is 5.32 Å². The third-order valence-corrected chi connectivity index (χ3v) is 6.46. The van der Waals surface area contributed by atoms with Crippen molar-refractivity contribution in [2.24, 2.45) is 5.92 Å². The summed E-state index contributed by atoms with van der Waals surface area (Å²) in [6.07, 6.45) is 6.29. The van der Waals surface area contributed by atoms with Gasteiger partial charge in [0.25, 0.3) is 0 Å². The largest absolute Gasteiger partial charge is 0.355 e. The van der Waals surface area contributed by atoms with Crippen molar-refractivity contribution in [2.75, 3.05) is 6.54 Å². The number of nitrogens with zero attached hydrogens (tertiary/aromatic N) is 3. The van der Waals surface area contributed by atoms with Gasteiger partial charge in [-0.25, -0.2) is 9.97 Å². The number of hydrogen-bond acceptors (Lipinski definition) is 5. The Hall–Kier alpha value is -1.99. The van der Waals surface area contributed by atoms with Crippen molar-refractivity contribution in [1.29, 1.82) is 0 Å². The molecule has 4 rings (SSSR count). The molecule has 0 aliphatic carbocycles. The molecule has 1 amide bonds. The number of fused-ring (bicyclic) bond motifs is 1. The van der Waals surface area contributed by atoms with Gasteiger partial charge < -0.3 is 9.88 Å². The Morgan fingerprint density at radius 1 is 1.44 bits per heavy atom. The third-order valence-electron chi connectivity index (χ3n) is 4.52. The van der Waals surface area contributed by atoms with Gasteiger partial charge in [-0.2, -0.15) is 0 Å². The molecular formula is C18H20N4OS2. The van der Waals surface area contributed by atoms with Crippen LogP contribution in [0.15, 0.2) is 29.9 Å². The molecule has 25 heavy (non-hydrogen) atoms. The molecule has 1 aliphatic heterocycles. The standard InChI is InChI=1S/C18H20N4OS2/c1-12-21-15(11-24-12)16-3-2-14(25-16)4-6-20-18(23)13-5-8-22-9-7-19-17(22)10-13/h2-3,7,9,11,13H,4-6,8,10H2,1H3,(H,20,23). The zero-order valence-electron chi connectivity index (χ0n) is 14.1.